The van der Waals surface area contributed by atoms with Gasteiger partial charge in [-0.3, -0.25) is 14.8 Å². The van der Waals surface area contributed by atoms with Crippen LogP contribution in [-0.2, 0) is 13.6 Å². The van der Waals surface area contributed by atoms with E-state index in [2.05, 4.69) is 10.4 Å². The number of hydrogen-bond donors (Lipinski definition) is 1. The number of nitro benzene ring substituents is 1. The fourth-order valence-corrected chi connectivity index (χ4v) is 1.64. The predicted octanol–water partition coefficient (Wildman–Crippen LogP) is 2.25. The van der Waals surface area contributed by atoms with Crippen LogP contribution in [0, 0.1) is 17.0 Å². The van der Waals surface area contributed by atoms with Gasteiger partial charge in [0, 0.05) is 42.7 Å². The lowest BCUT2D eigenvalue weighted by Gasteiger charge is -2.05. The van der Waals surface area contributed by atoms with Gasteiger partial charge in [-0.15, -0.1) is 0 Å². The molecular formula is C12H14N4O2. The fourth-order valence-electron chi connectivity index (χ4n) is 1.64. The average Bonchev–Trinajstić information content (AvgIpc) is 2.68. The summed E-state index contributed by atoms with van der Waals surface area (Å²) in [6, 6.07) is 6.46. The Labute approximate surface area is 104 Å². The molecule has 2 rings (SSSR count). The minimum Gasteiger partial charge on any atom is -0.381 e. The molecule has 94 valence electrons. The van der Waals surface area contributed by atoms with E-state index in [0.29, 0.717) is 6.54 Å². The van der Waals surface area contributed by atoms with Crippen LogP contribution in [0.25, 0.3) is 0 Å². The van der Waals surface area contributed by atoms with Crippen molar-refractivity contribution in [2.75, 3.05) is 5.32 Å². The number of benzene rings is 1. The molecule has 0 atom stereocenters. The summed E-state index contributed by atoms with van der Waals surface area (Å²) >= 11 is 0. The summed E-state index contributed by atoms with van der Waals surface area (Å²) in [7, 11) is 1.88. The van der Waals surface area contributed by atoms with Gasteiger partial charge in [-0.25, -0.2) is 0 Å². The van der Waals surface area contributed by atoms with Crippen LogP contribution >= 0.6 is 0 Å². The minimum absolute atomic E-state index is 0.0860. The van der Waals surface area contributed by atoms with Crippen molar-refractivity contribution in [3.63, 3.8) is 0 Å². The van der Waals surface area contributed by atoms with Crippen LogP contribution in [0.4, 0.5) is 11.4 Å². The number of rotatable bonds is 4. The Morgan fingerprint density at radius 2 is 2.28 bits per heavy atom. The first kappa shape index (κ1) is 12.1. The van der Waals surface area contributed by atoms with Crippen molar-refractivity contribution in [3.8, 4) is 0 Å². The highest BCUT2D eigenvalue weighted by Gasteiger charge is 2.07. The molecule has 1 N–H and O–H groups in total. The van der Waals surface area contributed by atoms with Gasteiger partial charge in [0.05, 0.1) is 11.1 Å². The highest BCUT2D eigenvalue weighted by atomic mass is 16.6. The second kappa shape index (κ2) is 4.87. The summed E-state index contributed by atoms with van der Waals surface area (Å²) in [6.45, 7) is 2.58. The van der Waals surface area contributed by atoms with Crippen molar-refractivity contribution in [1.82, 2.24) is 9.78 Å². The Morgan fingerprint density at radius 3 is 2.89 bits per heavy atom. The van der Waals surface area contributed by atoms with Crippen LogP contribution < -0.4 is 5.32 Å². The number of nitro groups is 1. The molecule has 0 saturated heterocycles. The Kier molecular flexibility index (Phi) is 3.27. The maximum Gasteiger partial charge on any atom is 0.271 e. The SMILES string of the molecule is Cc1c(CNc2cccc([N+](=O)[O-])c2)cnn1C. The zero-order chi connectivity index (χ0) is 13.1. The molecule has 1 heterocycles. The smallest absolute Gasteiger partial charge is 0.271 e. The minimum atomic E-state index is -0.402. The van der Waals surface area contributed by atoms with E-state index in [9.17, 15) is 10.1 Å². The molecule has 1 aromatic heterocycles. The molecule has 0 aliphatic rings. The second-order valence-electron chi connectivity index (χ2n) is 4.04. The van der Waals surface area contributed by atoms with Gasteiger partial charge in [0.25, 0.3) is 5.69 Å². The van der Waals surface area contributed by atoms with Crippen LogP contribution in [0.3, 0.4) is 0 Å². The molecule has 0 spiro atoms. The summed E-state index contributed by atoms with van der Waals surface area (Å²) in [6.07, 6.45) is 1.79. The molecule has 18 heavy (non-hydrogen) atoms. The van der Waals surface area contributed by atoms with Crippen molar-refractivity contribution >= 4 is 11.4 Å². The van der Waals surface area contributed by atoms with Crippen molar-refractivity contribution in [1.29, 1.82) is 0 Å². The van der Waals surface area contributed by atoms with Gasteiger partial charge in [0.1, 0.15) is 0 Å². The summed E-state index contributed by atoms with van der Waals surface area (Å²) in [5, 5.41) is 17.9. The zero-order valence-electron chi connectivity index (χ0n) is 10.3. The van der Waals surface area contributed by atoms with Gasteiger partial charge in [0.2, 0.25) is 0 Å². The summed E-state index contributed by atoms with van der Waals surface area (Å²) in [5.74, 6) is 0. The zero-order valence-corrected chi connectivity index (χ0v) is 10.3. The standard InChI is InChI=1S/C12H14N4O2/c1-9-10(8-14-15(9)2)7-13-11-4-3-5-12(6-11)16(17)18/h3-6,8,13H,7H2,1-2H3. The van der Waals surface area contributed by atoms with Gasteiger partial charge in [0.15, 0.2) is 0 Å². The lowest BCUT2D eigenvalue weighted by molar-refractivity contribution is -0.384. The molecule has 0 unspecified atom stereocenters. The highest BCUT2D eigenvalue weighted by molar-refractivity contribution is 5.51. The van der Waals surface area contributed by atoms with Crippen LogP contribution in [-0.4, -0.2) is 14.7 Å². The molecular weight excluding hydrogens is 232 g/mol. The van der Waals surface area contributed by atoms with Crippen molar-refractivity contribution in [2.45, 2.75) is 13.5 Å². The summed E-state index contributed by atoms with van der Waals surface area (Å²) in [4.78, 5) is 10.2. The quantitative estimate of drug-likeness (QED) is 0.663. The van der Waals surface area contributed by atoms with Crippen LogP contribution in [0.2, 0.25) is 0 Å². The summed E-state index contributed by atoms with van der Waals surface area (Å²) in [5.41, 5.74) is 2.97. The van der Waals surface area contributed by atoms with E-state index in [1.165, 1.54) is 12.1 Å². The number of anilines is 1. The summed E-state index contributed by atoms with van der Waals surface area (Å²) < 4.78 is 1.80. The molecule has 0 radical (unpaired) electrons. The number of non-ortho nitro benzene ring substituents is 1. The molecule has 0 aliphatic carbocycles. The van der Waals surface area contributed by atoms with Crippen LogP contribution in [0.15, 0.2) is 30.5 Å². The Balaban J connectivity index is 2.08. The predicted molar refractivity (Wildman–Crippen MR) is 68.4 cm³/mol. The molecule has 6 heteroatoms. The lowest BCUT2D eigenvalue weighted by Crippen LogP contribution is -2.01. The monoisotopic (exact) mass is 246 g/mol. The Morgan fingerprint density at radius 1 is 1.50 bits per heavy atom. The van der Waals surface area contributed by atoms with Gasteiger partial charge in [-0.05, 0) is 13.0 Å². The van der Waals surface area contributed by atoms with Gasteiger partial charge in [-0.2, -0.15) is 5.10 Å². The molecule has 1 aromatic carbocycles. The maximum absolute atomic E-state index is 10.6. The third-order valence-corrected chi connectivity index (χ3v) is 2.88. The fraction of sp³-hybridized carbons (Fsp3) is 0.250. The first-order valence-corrected chi connectivity index (χ1v) is 5.53. The largest absolute Gasteiger partial charge is 0.381 e. The topological polar surface area (TPSA) is 73.0 Å². The number of aryl methyl sites for hydroxylation is 1. The van der Waals surface area contributed by atoms with E-state index in [1.54, 1.807) is 23.0 Å². The average molecular weight is 246 g/mol. The third kappa shape index (κ3) is 2.48. The molecule has 0 bridgehead atoms. The van der Waals surface area contributed by atoms with E-state index >= 15 is 0 Å². The van der Waals surface area contributed by atoms with E-state index in [0.717, 1.165) is 16.9 Å². The van der Waals surface area contributed by atoms with Crippen LogP contribution in [0.5, 0.6) is 0 Å². The molecule has 6 nitrogen and oxygen atoms in total. The number of nitrogens with one attached hydrogen (secondary N) is 1. The van der Waals surface area contributed by atoms with Crippen molar-refractivity contribution in [3.05, 3.63) is 51.8 Å². The lowest BCUT2D eigenvalue weighted by atomic mass is 10.2. The van der Waals surface area contributed by atoms with E-state index in [1.807, 2.05) is 14.0 Å². The second-order valence-corrected chi connectivity index (χ2v) is 4.04. The Bertz CT molecular complexity index is 577. The van der Waals surface area contributed by atoms with E-state index in [-0.39, 0.29) is 5.69 Å². The van der Waals surface area contributed by atoms with Crippen molar-refractivity contribution in [2.24, 2.45) is 7.05 Å². The first-order valence-electron chi connectivity index (χ1n) is 5.53. The van der Waals surface area contributed by atoms with Gasteiger partial charge in [-0.1, -0.05) is 6.07 Å². The first-order chi connectivity index (χ1) is 8.58. The molecule has 0 aliphatic heterocycles. The van der Waals surface area contributed by atoms with Gasteiger partial charge >= 0.3 is 0 Å². The maximum atomic E-state index is 10.6. The molecule has 2 aromatic rings. The number of nitrogens with zero attached hydrogens (tertiary/aromatic N) is 3. The number of aromatic nitrogens is 2. The van der Waals surface area contributed by atoms with Crippen LogP contribution in [0.1, 0.15) is 11.3 Å². The molecule has 0 saturated carbocycles. The van der Waals surface area contributed by atoms with E-state index < -0.39 is 4.92 Å². The normalized spacial score (nSPS) is 10.3. The van der Waals surface area contributed by atoms with Crippen molar-refractivity contribution < 1.29 is 4.92 Å². The molecule has 0 amide bonds. The van der Waals surface area contributed by atoms with E-state index in [4.69, 9.17) is 0 Å². The van der Waals surface area contributed by atoms with Gasteiger partial charge < -0.3 is 5.32 Å². The third-order valence-electron chi connectivity index (χ3n) is 2.88. The number of hydrogen-bond acceptors (Lipinski definition) is 4. The molecule has 0 fully saturated rings. The Hall–Kier alpha value is -2.37. The highest BCUT2D eigenvalue weighted by Crippen LogP contribution is 2.18.